The summed E-state index contributed by atoms with van der Waals surface area (Å²) in [6.45, 7) is 0.144. The predicted octanol–water partition coefficient (Wildman–Crippen LogP) is 1.15. The molecule has 1 aromatic carbocycles. The molecule has 0 bridgehead atoms. The topological polar surface area (TPSA) is 86.4 Å². The van der Waals surface area contributed by atoms with Crippen molar-refractivity contribution in [2.75, 3.05) is 12.4 Å². The Balaban J connectivity index is 1.90. The average molecular weight is 295 g/mol. The average Bonchev–Trinajstić information content (AvgIpc) is 2.77. The number of methoxy groups -OCH3 is 1. The highest BCUT2D eigenvalue weighted by Crippen LogP contribution is 2.09. The summed E-state index contributed by atoms with van der Waals surface area (Å²) >= 11 is 0. The van der Waals surface area contributed by atoms with Gasteiger partial charge in [-0.2, -0.15) is 4.68 Å². The number of ether oxygens (including phenoxy) is 1. The zero-order chi connectivity index (χ0) is 15.2. The van der Waals surface area contributed by atoms with Crippen LogP contribution in [0.1, 0.15) is 12.3 Å². The summed E-state index contributed by atoms with van der Waals surface area (Å²) in [6.07, 6.45) is 0.00930. The molecular formula is C13H14FN3O4. The van der Waals surface area contributed by atoms with Crippen LogP contribution in [0.3, 0.4) is 0 Å². The van der Waals surface area contributed by atoms with Crippen LogP contribution in [0.4, 0.5) is 10.1 Å². The van der Waals surface area contributed by atoms with Gasteiger partial charge in [-0.15, -0.1) is 5.10 Å². The number of anilines is 1. The first kappa shape index (κ1) is 14.9. The van der Waals surface area contributed by atoms with E-state index in [9.17, 15) is 14.0 Å². The number of halogens is 1. The zero-order valence-corrected chi connectivity index (χ0v) is 11.3. The van der Waals surface area contributed by atoms with Crippen molar-refractivity contribution in [2.24, 2.45) is 0 Å². The normalized spacial score (nSPS) is 10.6. The van der Waals surface area contributed by atoms with Gasteiger partial charge in [0, 0.05) is 19.2 Å². The molecule has 2 aromatic rings. The summed E-state index contributed by atoms with van der Waals surface area (Å²) in [4.78, 5) is 23.1. The molecule has 1 N–H and O–H groups in total. The molecule has 21 heavy (non-hydrogen) atoms. The van der Waals surface area contributed by atoms with Gasteiger partial charge in [-0.25, -0.2) is 9.18 Å². The lowest BCUT2D eigenvalue weighted by Gasteiger charge is -2.04. The van der Waals surface area contributed by atoms with Crippen LogP contribution in [-0.2, 0) is 22.7 Å². The van der Waals surface area contributed by atoms with Crippen molar-refractivity contribution in [3.63, 3.8) is 0 Å². The standard InChI is InChI=1S/C13H14FN3O4/c1-20-8-12-16-17(13(19)21-12)6-5-11(18)15-10-4-2-3-9(14)7-10/h2-4,7H,5-6,8H2,1H3,(H,15,18). The van der Waals surface area contributed by atoms with E-state index in [1.807, 2.05) is 0 Å². The zero-order valence-electron chi connectivity index (χ0n) is 11.3. The van der Waals surface area contributed by atoms with Crippen LogP contribution in [0.5, 0.6) is 0 Å². The number of benzene rings is 1. The number of carbonyl (C=O) groups excluding carboxylic acids is 1. The van der Waals surface area contributed by atoms with Gasteiger partial charge < -0.3 is 14.5 Å². The Kier molecular flexibility index (Phi) is 4.83. The number of carbonyl (C=O) groups is 1. The molecule has 112 valence electrons. The van der Waals surface area contributed by atoms with Crippen LogP contribution in [0.15, 0.2) is 33.5 Å². The lowest BCUT2D eigenvalue weighted by atomic mass is 10.3. The summed E-state index contributed by atoms with van der Waals surface area (Å²) in [5.41, 5.74) is 0.354. The molecule has 1 aromatic heterocycles. The number of rotatable bonds is 6. The van der Waals surface area contributed by atoms with Gasteiger partial charge in [-0.3, -0.25) is 4.79 Å². The number of hydrogen-bond donors (Lipinski definition) is 1. The van der Waals surface area contributed by atoms with E-state index in [4.69, 9.17) is 9.15 Å². The highest BCUT2D eigenvalue weighted by Gasteiger charge is 2.10. The second kappa shape index (κ2) is 6.80. The first-order chi connectivity index (χ1) is 10.1. The van der Waals surface area contributed by atoms with Gasteiger partial charge in [0.25, 0.3) is 0 Å². The molecule has 2 rings (SSSR count). The Bertz CT molecular complexity index is 680. The van der Waals surface area contributed by atoms with E-state index in [-0.39, 0.29) is 31.4 Å². The Morgan fingerprint density at radius 2 is 2.33 bits per heavy atom. The fraction of sp³-hybridized carbons (Fsp3) is 0.308. The van der Waals surface area contributed by atoms with Crippen molar-refractivity contribution >= 4 is 11.6 Å². The molecule has 0 saturated heterocycles. The molecule has 0 unspecified atom stereocenters. The third-order valence-electron chi connectivity index (χ3n) is 2.57. The van der Waals surface area contributed by atoms with E-state index >= 15 is 0 Å². The van der Waals surface area contributed by atoms with Crippen molar-refractivity contribution in [3.05, 3.63) is 46.5 Å². The van der Waals surface area contributed by atoms with Gasteiger partial charge >= 0.3 is 5.76 Å². The lowest BCUT2D eigenvalue weighted by Crippen LogP contribution is -2.21. The Morgan fingerprint density at radius 1 is 1.52 bits per heavy atom. The largest absolute Gasteiger partial charge is 0.437 e. The van der Waals surface area contributed by atoms with Crippen molar-refractivity contribution in [3.8, 4) is 0 Å². The minimum absolute atomic E-state index is 0.00930. The first-order valence-electron chi connectivity index (χ1n) is 6.19. The van der Waals surface area contributed by atoms with Gasteiger partial charge in [0.1, 0.15) is 12.4 Å². The first-order valence-corrected chi connectivity index (χ1v) is 6.19. The van der Waals surface area contributed by atoms with Gasteiger partial charge in [0.15, 0.2) is 0 Å². The fourth-order valence-corrected chi connectivity index (χ4v) is 1.67. The van der Waals surface area contributed by atoms with Crippen molar-refractivity contribution < 1.29 is 18.3 Å². The molecule has 1 amide bonds. The Morgan fingerprint density at radius 3 is 3.05 bits per heavy atom. The monoisotopic (exact) mass is 295 g/mol. The highest BCUT2D eigenvalue weighted by molar-refractivity contribution is 5.90. The fourth-order valence-electron chi connectivity index (χ4n) is 1.67. The summed E-state index contributed by atoms with van der Waals surface area (Å²) in [7, 11) is 1.45. The number of aromatic nitrogens is 2. The quantitative estimate of drug-likeness (QED) is 0.864. The van der Waals surface area contributed by atoms with E-state index in [0.29, 0.717) is 5.69 Å². The molecule has 1 heterocycles. The van der Waals surface area contributed by atoms with E-state index in [2.05, 4.69) is 10.4 Å². The third-order valence-corrected chi connectivity index (χ3v) is 2.57. The molecule has 0 saturated carbocycles. The molecule has 7 nitrogen and oxygen atoms in total. The van der Waals surface area contributed by atoms with E-state index in [0.717, 1.165) is 4.68 Å². The maximum absolute atomic E-state index is 13.0. The van der Waals surface area contributed by atoms with Gasteiger partial charge in [-0.1, -0.05) is 6.07 Å². The van der Waals surface area contributed by atoms with Gasteiger partial charge in [0.05, 0.1) is 6.54 Å². The SMILES string of the molecule is COCc1nn(CCC(=O)Nc2cccc(F)c2)c(=O)o1. The maximum atomic E-state index is 13.0. The molecular weight excluding hydrogens is 281 g/mol. The van der Waals surface area contributed by atoms with E-state index in [1.54, 1.807) is 6.07 Å². The van der Waals surface area contributed by atoms with Crippen LogP contribution in [0.2, 0.25) is 0 Å². The molecule has 0 spiro atoms. The molecule has 0 aliphatic rings. The van der Waals surface area contributed by atoms with Gasteiger partial charge in [-0.05, 0) is 18.2 Å². The lowest BCUT2D eigenvalue weighted by molar-refractivity contribution is -0.116. The summed E-state index contributed by atoms with van der Waals surface area (Å²) in [6, 6.07) is 5.54. The number of aryl methyl sites for hydroxylation is 1. The van der Waals surface area contributed by atoms with E-state index in [1.165, 1.54) is 25.3 Å². The number of nitrogens with one attached hydrogen (secondary N) is 1. The summed E-state index contributed by atoms with van der Waals surface area (Å²) < 4.78 is 23.6. The third kappa shape index (κ3) is 4.25. The molecule has 0 fully saturated rings. The molecule has 0 aliphatic carbocycles. The molecule has 8 heteroatoms. The smallest absolute Gasteiger partial charge is 0.390 e. The Hall–Kier alpha value is -2.48. The van der Waals surface area contributed by atoms with Crippen LogP contribution in [0, 0.1) is 5.82 Å². The van der Waals surface area contributed by atoms with Crippen molar-refractivity contribution in [2.45, 2.75) is 19.6 Å². The minimum atomic E-state index is -0.652. The predicted molar refractivity (Wildman–Crippen MR) is 71.1 cm³/mol. The number of hydrogen-bond acceptors (Lipinski definition) is 5. The van der Waals surface area contributed by atoms with Crippen molar-refractivity contribution in [1.29, 1.82) is 0 Å². The van der Waals surface area contributed by atoms with Crippen LogP contribution in [0.25, 0.3) is 0 Å². The van der Waals surface area contributed by atoms with Crippen LogP contribution < -0.4 is 11.1 Å². The summed E-state index contributed by atoms with van der Waals surface area (Å²) in [5, 5.41) is 6.39. The van der Waals surface area contributed by atoms with Crippen LogP contribution >= 0.6 is 0 Å². The van der Waals surface area contributed by atoms with Crippen LogP contribution in [-0.4, -0.2) is 22.8 Å². The number of nitrogens with zero attached hydrogens (tertiary/aromatic N) is 2. The molecule has 0 atom stereocenters. The van der Waals surface area contributed by atoms with E-state index < -0.39 is 11.6 Å². The van der Waals surface area contributed by atoms with Crippen molar-refractivity contribution in [1.82, 2.24) is 9.78 Å². The minimum Gasteiger partial charge on any atom is -0.390 e. The Labute approximate surface area is 119 Å². The second-order valence-corrected chi connectivity index (χ2v) is 4.23. The van der Waals surface area contributed by atoms with Gasteiger partial charge in [0.2, 0.25) is 11.8 Å². The highest BCUT2D eigenvalue weighted by atomic mass is 19.1. The summed E-state index contributed by atoms with van der Waals surface area (Å²) in [5.74, 6) is -1.30. The molecule has 0 aliphatic heterocycles. The molecule has 0 radical (unpaired) electrons. The number of amides is 1. The second-order valence-electron chi connectivity index (χ2n) is 4.23. The maximum Gasteiger partial charge on any atom is 0.437 e.